The lowest BCUT2D eigenvalue weighted by Gasteiger charge is -2.08. The molecule has 3 rings (SSSR count). The third kappa shape index (κ3) is 4.00. The van der Waals surface area contributed by atoms with Gasteiger partial charge in [0.2, 0.25) is 0 Å². The lowest BCUT2D eigenvalue weighted by Crippen LogP contribution is -2.18. The number of ether oxygens (including phenoxy) is 1. The van der Waals surface area contributed by atoms with Gasteiger partial charge < -0.3 is 4.74 Å². The van der Waals surface area contributed by atoms with Gasteiger partial charge in [-0.3, -0.25) is 4.79 Å². The standard InChI is InChI=1S/C20H18ClN3O2/c1-3-26-18-7-5-4-6-16(18)20(25)24-22-12-15-11-14-9-8-13(2)10-17(14)23-19(15)21/h4-12H,3H2,1-2H3,(H,24,25)/b22-12-. The zero-order chi connectivity index (χ0) is 18.5. The minimum Gasteiger partial charge on any atom is -0.493 e. The average Bonchev–Trinajstić information content (AvgIpc) is 2.63. The third-order valence-electron chi connectivity index (χ3n) is 3.76. The number of aryl methyl sites for hydroxylation is 1. The van der Waals surface area contributed by atoms with Crippen LogP contribution >= 0.6 is 11.6 Å². The summed E-state index contributed by atoms with van der Waals surface area (Å²) in [6.07, 6.45) is 1.48. The van der Waals surface area contributed by atoms with Gasteiger partial charge in [-0.15, -0.1) is 0 Å². The molecule has 0 saturated heterocycles. The first-order valence-electron chi connectivity index (χ1n) is 8.20. The molecule has 0 bridgehead atoms. The van der Waals surface area contributed by atoms with Crippen molar-refractivity contribution in [3.63, 3.8) is 0 Å². The first kappa shape index (κ1) is 17.9. The largest absolute Gasteiger partial charge is 0.493 e. The zero-order valence-electron chi connectivity index (χ0n) is 14.5. The van der Waals surface area contributed by atoms with Crippen LogP contribution in [0.1, 0.15) is 28.4 Å². The van der Waals surface area contributed by atoms with E-state index in [0.29, 0.717) is 28.6 Å². The van der Waals surface area contributed by atoms with Gasteiger partial charge >= 0.3 is 0 Å². The number of carbonyl (C=O) groups is 1. The van der Waals surface area contributed by atoms with E-state index in [1.807, 2.05) is 44.2 Å². The van der Waals surface area contributed by atoms with Gasteiger partial charge in [0.15, 0.2) is 0 Å². The first-order chi connectivity index (χ1) is 12.6. The maximum absolute atomic E-state index is 12.3. The molecule has 0 fully saturated rings. The van der Waals surface area contributed by atoms with E-state index in [-0.39, 0.29) is 5.91 Å². The summed E-state index contributed by atoms with van der Waals surface area (Å²) in [6, 6.07) is 14.8. The molecular formula is C20H18ClN3O2. The van der Waals surface area contributed by atoms with Crippen LogP contribution in [0.2, 0.25) is 5.15 Å². The minimum atomic E-state index is -0.356. The van der Waals surface area contributed by atoms with Crippen LogP contribution in [0.5, 0.6) is 5.75 Å². The van der Waals surface area contributed by atoms with Crippen LogP contribution in [-0.4, -0.2) is 23.7 Å². The van der Waals surface area contributed by atoms with Crippen molar-refractivity contribution < 1.29 is 9.53 Å². The Morgan fingerprint density at radius 3 is 2.88 bits per heavy atom. The lowest BCUT2D eigenvalue weighted by atomic mass is 10.1. The van der Waals surface area contributed by atoms with E-state index in [1.54, 1.807) is 18.2 Å². The molecule has 1 aromatic heterocycles. The number of para-hydroxylation sites is 1. The SMILES string of the molecule is CCOc1ccccc1C(=O)N/N=C\c1cc2ccc(C)cc2nc1Cl. The fourth-order valence-corrected chi connectivity index (χ4v) is 2.71. The summed E-state index contributed by atoms with van der Waals surface area (Å²) < 4.78 is 5.46. The van der Waals surface area contributed by atoms with Gasteiger partial charge in [0.05, 0.1) is 23.9 Å². The highest BCUT2D eigenvalue weighted by atomic mass is 35.5. The van der Waals surface area contributed by atoms with E-state index in [4.69, 9.17) is 16.3 Å². The number of pyridine rings is 1. The van der Waals surface area contributed by atoms with Crippen molar-refractivity contribution in [1.29, 1.82) is 0 Å². The van der Waals surface area contributed by atoms with Crippen molar-refractivity contribution in [2.24, 2.45) is 5.10 Å². The van der Waals surface area contributed by atoms with Gasteiger partial charge in [0, 0.05) is 10.9 Å². The van der Waals surface area contributed by atoms with Crippen LogP contribution in [0.4, 0.5) is 0 Å². The highest BCUT2D eigenvalue weighted by Crippen LogP contribution is 2.20. The van der Waals surface area contributed by atoms with Gasteiger partial charge in [0.25, 0.3) is 5.91 Å². The second-order valence-electron chi connectivity index (χ2n) is 5.69. The normalized spacial score (nSPS) is 11.0. The van der Waals surface area contributed by atoms with Crippen molar-refractivity contribution in [3.8, 4) is 5.75 Å². The lowest BCUT2D eigenvalue weighted by molar-refractivity contribution is 0.0951. The number of nitrogens with one attached hydrogen (secondary N) is 1. The summed E-state index contributed by atoms with van der Waals surface area (Å²) in [6.45, 7) is 4.34. The predicted octanol–water partition coefficient (Wildman–Crippen LogP) is 4.36. The molecule has 2 aromatic carbocycles. The molecule has 26 heavy (non-hydrogen) atoms. The quantitative estimate of drug-likeness (QED) is 0.414. The molecule has 0 unspecified atom stereocenters. The molecule has 0 aliphatic rings. The molecule has 6 heteroatoms. The number of amides is 1. The van der Waals surface area contributed by atoms with Crippen LogP contribution < -0.4 is 10.2 Å². The van der Waals surface area contributed by atoms with E-state index in [9.17, 15) is 4.79 Å². The highest BCUT2D eigenvalue weighted by Gasteiger charge is 2.11. The van der Waals surface area contributed by atoms with Gasteiger partial charge in [-0.05, 0) is 43.7 Å². The molecule has 1 amide bonds. The Hall–Kier alpha value is -2.92. The van der Waals surface area contributed by atoms with E-state index >= 15 is 0 Å². The first-order valence-corrected chi connectivity index (χ1v) is 8.58. The Labute approximate surface area is 156 Å². The van der Waals surface area contributed by atoms with E-state index in [0.717, 1.165) is 16.5 Å². The summed E-state index contributed by atoms with van der Waals surface area (Å²) in [7, 11) is 0. The summed E-state index contributed by atoms with van der Waals surface area (Å²) >= 11 is 6.22. The number of halogens is 1. The smallest absolute Gasteiger partial charge is 0.275 e. The van der Waals surface area contributed by atoms with Crippen LogP contribution in [0.3, 0.4) is 0 Å². The molecule has 0 spiro atoms. The Morgan fingerprint density at radius 2 is 2.08 bits per heavy atom. The van der Waals surface area contributed by atoms with E-state index in [2.05, 4.69) is 15.5 Å². The van der Waals surface area contributed by atoms with Crippen LogP contribution in [0.15, 0.2) is 53.6 Å². The van der Waals surface area contributed by atoms with Gasteiger partial charge in [0.1, 0.15) is 10.9 Å². The minimum absolute atomic E-state index is 0.329. The molecule has 0 aliphatic carbocycles. The fourth-order valence-electron chi connectivity index (χ4n) is 2.52. The van der Waals surface area contributed by atoms with Crippen molar-refractivity contribution in [2.45, 2.75) is 13.8 Å². The molecule has 1 N–H and O–H groups in total. The Kier molecular flexibility index (Phi) is 5.49. The predicted molar refractivity (Wildman–Crippen MR) is 104 cm³/mol. The third-order valence-corrected chi connectivity index (χ3v) is 4.06. The average molecular weight is 368 g/mol. The van der Waals surface area contributed by atoms with Gasteiger partial charge in [-0.2, -0.15) is 5.10 Å². The van der Waals surface area contributed by atoms with Crippen molar-refractivity contribution in [2.75, 3.05) is 6.61 Å². The fraction of sp³-hybridized carbons (Fsp3) is 0.150. The molecule has 0 aliphatic heterocycles. The van der Waals surface area contributed by atoms with Crippen molar-refractivity contribution >= 4 is 34.6 Å². The van der Waals surface area contributed by atoms with Crippen molar-refractivity contribution in [3.05, 3.63) is 70.4 Å². The summed E-state index contributed by atoms with van der Waals surface area (Å²) in [5, 5.41) is 5.28. The molecule has 1 heterocycles. The van der Waals surface area contributed by atoms with Crippen LogP contribution in [-0.2, 0) is 0 Å². The number of aromatic nitrogens is 1. The molecule has 132 valence electrons. The number of nitrogens with zero attached hydrogens (tertiary/aromatic N) is 2. The number of benzene rings is 2. The number of fused-ring (bicyclic) bond motifs is 1. The van der Waals surface area contributed by atoms with Crippen LogP contribution in [0, 0.1) is 6.92 Å². The van der Waals surface area contributed by atoms with Gasteiger partial charge in [-0.25, -0.2) is 10.4 Å². The second-order valence-corrected chi connectivity index (χ2v) is 6.05. The zero-order valence-corrected chi connectivity index (χ0v) is 15.2. The maximum Gasteiger partial charge on any atom is 0.275 e. The summed E-state index contributed by atoms with van der Waals surface area (Å²) in [5.74, 6) is 0.161. The van der Waals surface area contributed by atoms with E-state index < -0.39 is 0 Å². The molecule has 0 radical (unpaired) electrons. The molecule has 0 saturated carbocycles. The topological polar surface area (TPSA) is 63.6 Å². The molecule has 3 aromatic rings. The van der Waals surface area contributed by atoms with Gasteiger partial charge in [-0.1, -0.05) is 35.9 Å². The number of carbonyl (C=O) groups excluding carboxylic acids is 1. The summed E-state index contributed by atoms with van der Waals surface area (Å²) in [5.41, 5.74) is 5.48. The molecule has 5 nitrogen and oxygen atoms in total. The van der Waals surface area contributed by atoms with E-state index in [1.165, 1.54) is 6.21 Å². The van der Waals surface area contributed by atoms with Crippen LogP contribution in [0.25, 0.3) is 10.9 Å². The number of rotatable bonds is 5. The Bertz CT molecular complexity index is 986. The maximum atomic E-state index is 12.3. The molecule has 0 atom stereocenters. The number of hydrogen-bond acceptors (Lipinski definition) is 4. The highest BCUT2D eigenvalue weighted by molar-refractivity contribution is 6.32. The van der Waals surface area contributed by atoms with Crippen molar-refractivity contribution in [1.82, 2.24) is 10.4 Å². The number of hydrogen-bond donors (Lipinski definition) is 1. The Balaban J connectivity index is 1.78. The molecular weight excluding hydrogens is 350 g/mol. The Morgan fingerprint density at radius 1 is 1.27 bits per heavy atom. The summed E-state index contributed by atoms with van der Waals surface area (Å²) in [4.78, 5) is 16.7. The number of hydrazone groups is 1. The second kappa shape index (κ2) is 7.97. The monoisotopic (exact) mass is 367 g/mol.